The number of amides is 3. The number of urea groups is 1. The summed E-state index contributed by atoms with van der Waals surface area (Å²) < 4.78 is 4.22. The summed E-state index contributed by atoms with van der Waals surface area (Å²) in [7, 11) is 5.43. The van der Waals surface area contributed by atoms with Crippen molar-refractivity contribution in [3.63, 3.8) is 0 Å². The Morgan fingerprint density at radius 1 is 1.34 bits per heavy atom. The Bertz CT molecular complexity index is 900. The molecule has 1 atom stereocenters. The zero-order chi connectivity index (χ0) is 21.1. The van der Waals surface area contributed by atoms with Gasteiger partial charge < -0.3 is 25.8 Å². The molecule has 2 aromatic rings. The molecular formula is C18H26N8O2S. The number of anilines is 3. The number of hydrogen-bond acceptors (Lipinski definition) is 8. The molecule has 3 heterocycles. The highest BCUT2D eigenvalue weighted by Gasteiger charge is 2.28. The van der Waals surface area contributed by atoms with Gasteiger partial charge in [-0.05, 0) is 37.4 Å². The molecule has 3 rings (SSSR count). The lowest BCUT2D eigenvalue weighted by atomic mass is 10.0. The molecule has 0 bridgehead atoms. The summed E-state index contributed by atoms with van der Waals surface area (Å²) in [4.78, 5) is 38.4. The minimum absolute atomic E-state index is 0.00109. The predicted octanol–water partition coefficient (Wildman–Crippen LogP) is 1.67. The van der Waals surface area contributed by atoms with E-state index in [9.17, 15) is 9.59 Å². The normalized spacial score (nSPS) is 16.4. The van der Waals surface area contributed by atoms with E-state index in [0.29, 0.717) is 18.2 Å². The Morgan fingerprint density at radius 3 is 2.72 bits per heavy atom. The van der Waals surface area contributed by atoms with Gasteiger partial charge in [0.1, 0.15) is 10.8 Å². The maximum absolute atomic E-state index is 12.3. The molecule has 2 aromatic heterocycles. The first-order valence-electron chi connectivity index (χ1n) is 9.32. The van der Waals surface area contributed by atoms with Gasteiger partial charge >= 0.3 is 6.03 Å². The third-order valence-electron chi connectivity index (χ3n) is 4.82. The van der Waals surface area contributed by atoms with Crippen LogP contribution in [0.3, 0.4) is 0 Å². The van der Waals surface area contributed by atoms with Gasteiger partial charge in [-0.1, -0.05) is 0 Å². The second-order valence-electron chi connectivity index (χ2n) is 7.28. The van der Waals surface area contributed by atoms with E-state index in [-0.39, 0.29) is 17.8 Å². The summed E-state index contributed by atoms with van der Waals surface area (Å²) in [6.45, 7) is 3.23. The van der Waals surface area contributed by atoms with Gasteiger partial charge in [0.15, 0.2) is 11.5 Å². The number of piperidine rings is 1. The maximum Gasteiger partial charge on any atom is 0.319 e. The molecular weight excluding hydrogens is 392 g/mol. The van der Waals surface area contributed by atoms with E-state index >= 15 is 0 Å². The Labute approximate surface area is 173 Å². The number of nitrogens with two attached hydrogens (primary N) is 1. The number of rotatable bonds is 5. The molecule has 1 aliphatic rings. The summed E-state index contributed by atoms with van der Waals surface area (Å²) >= 11 is 1.27. The number of likely N-dealkylation sites (tertiary alicyclic amines) is 1. The fourth-order valence-corrected chi connectivity index (χ4v) is 3.93. The van der Waals surface area contributed by atoms with Gasteiger partial charge in [-0.25, -0.2) is 14.8 Å². The number of primary amides is 1. The lowest BCUT2D eigenvalue weighted by Gasteiger charge is -2.39. The molecule has 11 heteroatoms. The summed E-state index contributed by atoms with van der Waals surface area (Å²) in [5.41, 5.74) is 6.40. The van der Waals surface area contributed by atoms with Crippen LogP contribution >= 0.6 is 11.5 Å². The van der Waals surface area contributed by atoms with Crippen molar-refractivity contribution in [1.29, 1.82) is 0 Å². The minimum Gasteiger partial charge on any atom is -0.364 e. The Morgan fingerprint density at radius 2 is 2.10 bits per heavy atom. The van der Waals surface area contributed by atoms with Crippen LogP contribution in [0.25, 0.3) is 0 Å². The lowest BCUT2D eigenvalue weighted by Crippen LogP contribution is -2.51. The number of aromatic nitrogens is 3. The first kappa shape index (κ1) is 20.8. The van der Waals surface area contributed by atoms with E-state index in [1.165, 1.54) is 17.7 Å². The van der Waals surface area contributed by atoms with Crippen LogP contribution in [0.15, 0.2) is 12.3 Å². The molecule has 0 aromatic carbocycles. The van der Waals surface area contributed by atoms with Crippen LogP contribution in [-0.4, -0.2) is 76.4 Å². The molecule has 3 N–H and O–H groups in total. The Kier molecular flexibility index (Phi) is 6.16. The average Bonchev–Trinajstić information content (AvgIpc) is 3.11. The van der Waals surface area contributed by atoms with Crippen LogP contribution in [0, 0.1) is 6.92 Å². The maximum atomic E-state index is 12.3. The zero-order valence-corrected chi connectivity index (χ0v) is 17.9. The van der Waals surface area contributed by atoms with Crippen molar-refractivity contribution in [1.82, 2.24) is 24.1 Å². The molecule has 0 saturated carbocycles. The fourth-order valence-electron chi connectivity index (χ4n) is 3.27. The molecule has 3 amide bonds. The Balaban J connectivity index is 1.83. The molecule has 0 aliphatic carbocycles. The molecule has 1 saturated heterocycles. The van der Waals surface area contributed by atoms with Crippen molar-refractivity contribution in [3.05, 3.63) is 23.7 Å². The number of carbonyl (C=O) groups excluding carboxylic acids is 2. The van der Waals surface area contributed by atoms with E-state index in [2.05, 4.69) is 19.7 Å². The van der Waals surface area contributed by atoms with Crippen LogP contribution in [-0.2, 0) is 0 Å². The van der Waals surface area contributed by atoms with Crippen molar-refractivity contribution in [2.45, 2.75) is 25.8 Å². The highest BCUT2D eigenvalue weighted by molar-refractivity contribution is 7.10. The van der Waals surface area contributed by atoms with Gasteiger partial charge in [0.05, 0.1) is 11.9 Å². The minimum atomic E-state index is -0.657. The summed E-state index contributed by atoms with van der Waals surface area (Å²) in [6.07, 6.45) is 3.38. The molecule has 1 aliphatic heterocycles. The SMILES string of the molecule is Cc1cc(Nc2nc(N(C)C3CCCN(C(=O)N(C)C)C3)cnc2C(N)=O)sn1. The molecule has 29 heavy (non-hydrogen) atoms. The number of nitrogens with one attached hydrogen (secondary N) is 1. The van der Waals surface area contributed by atoms with Crippen LogP contribution in [0.1, 0.15) is 29.0 Å². The second kappa shape index (κ2) is 8.60. The van der Waals surface area contributed by atoms with Crippen molar-refractivity contribution in [2.75, 3.05) is 44.4 Å². The van der Waals surface area contributed by atoms with Crippen molar-refractivity contribution in [2.24, 2.45) is 5.73 Å². The lowest BCUT2D eigenvalue weighted by molar-refractivity contribution is 0.0996. The molecule has 10 nitrogen and oxygen atoms in total. The fraction of sp³-hybridized carbons (Fsp3) is 0.500. The van der Waals surface area contributed by atoms with Gasteiger partial charge in [0, 0.05) is 40.3 Å². The third-order valence-corrected chi connectivity index (χ3v) is 5.62. The first-order valence-corrected chi connectivity index (χ1v) is 10.1. The molecule has 156 valence electrons. The zero-order valence-electron chi connectivity index (χ0n) is 17.0. The number of aryl methyl sites for hydroxylation is 1. The van der Waals surface area contributed by atoms with Gasteiger partial charge in [-0.15, -0.1) is 0 Å². The standard InChI is InChI=1S/C18H26N8O2S/c1-11-8-14(29-23-11)22-17-15(16(19)27)20-9-13(21-17)25(4)12-6-5-7-26(10-12)18(28)24(2)3/h8-9,12H,5-7,10H2,1-4H3,(H2,19,27)(H,21,22). The largest absolute Gasteiger partial charge is 0.364 e. The van der Waals surface area contributed by atoms with Gasteiger partial charge in [-0.2, -0.15) is 4.37 Å². The van der Waals surface area contributed by atoms with Crippen LogP contribution < -0.4 is 16.0 Å². The van der Waals surface area contributed by atoms with Crippen LogP contribution in [0.2, 0.25) is 0 Å². The van der Waals surface area contributed by atoms with Crippen LogP contribution in [0.5, 0.6) is 0 Å². The number of nitrogens with zero attached hydrogens (tertiary/aromatic N) is 6. The van der Waals surface area contributed by atoms with E-state index in [1.54, 1.807) is 19.0 Å². The topological polar surface area (TPSA) is 121 Å². The highest BCUT2D eigenvalue weighted by atomic mass is 32.1. The first-order chi connectivity index (χ1) is 13.8. The molecule has 1 fully saturated rings. The second-order valence-corrected chi connectivity index (χ2v) is 8.08. The number of carbonyl (C=O) groups is 2. The van der Waals surface area contributed by atoms with Crippen molar-refractivity contribution < 1.29 is 9.59 Å². The summed E-state index contributed by atoms with van der Waals surface area (Å²) in [5.74, 6) is 0.237. The van der Waals surface area contributed by atoms with Gasteiger partial charge in [-0.3, -0.25) is 4.79 Å². The van der Waals surface area contributed by atoms with E-state index in [4.69, 9.17) is 5.73 Å². The van der Waals surface area contributed by atoms with Crippen molar-refractivity contribution in [3.8, 4) is 0 Å². The highest BCUT2D eigenvalue weighted by Crippen LogP contribution is 2.26. The van der Waals surface area contributed by atoms with Crippen molar-refractivity contribution >= 4 is 40.1 Å². The molecule has 0 radical (unpaired) electrons. The van der Waals surface area contributed by atoms with Gasteiger partial charge in [0.2, 0.25) is 0 Å². The monoisotopic (exact) mass is 418 g/mol. The Hall–Kier alpha value is -2.95. The van der Waals surface area contributed by atoms with E-state index in [0.717, 1.165) is 30.1 Å². The molecule has 0 spiro atoms. The predicted molar refractivity (Wildman–Crippen MR) is 113 cm³/mol. The average molecular weight is 419 g/mol. The quantitative estimate of drug-likeness (QED) is 0.757. The summed E-state index contributed by atoms with van der Waals surface area (Å²) in [5, 5.41) is 3.85. The molecule has 1 unspecified atom stereocenters. The van der Waals surface area contributed by atoms with E-state index in [1.807, 2.05) is 29.8 Å². The number of likely N-dealkylation sites (N-methyl/N-ethyl adjacent to an activating group) is 1. The van der Waals surface area contributed by atoms with Gasteiger partial charge in [0.25, 0.3) is 5.91 Å². The number of hydrogen-bond donors (Lipinski definition) is 2. The third kappa shape index (κ3) is 4.73. The summed E-state index contributed by atoms with van der Waals surface area (Å²) in [6, 6.07) is 1.96. The smallest absolute Gasteiger partial charge is 0.319 e. The van der Waals surface area contributed by atoms with Crippen LogP contribution in [0.4, 0.5) is 21.4 Å². The van der Waals surface area contributed by atoms with E-state index < -0.39 is 5.91 Å².